The molecular formula is C17H23N5O2. The first-order chi connectivity index (χ1) is 11.9. The highest BCUT2D eigenvalue weighted by molar-refractivity contribution is 5.45. The first-order valence-corrected chi connectivity index (χ1v) is 8.46. The Balaban J connectivity index is 1.34. The summed E-state index contributed by atoms with van der Waals surface area (Å²) >= 11 is 0. The van der Waals surface area contributed by atoms with Gasteiger partial charge in [0.25, 0.3) is 0 Å². The number of benzene rings is 1. The van der Waals surface area contributed by atoms with E-state index in [9.17, 15) is 0 Å². The van der Waals surface area contributed by atoms with Gasteiger partial charge in [-0.25, -0.2) is 5.43 Å². The van der Waals surface area contributed by atoms with Gasteiger partial charge in [0.1, 0.15) is 13.2 Å². The normalized spacial score (nSPS) is 22.7. The Hall–Kier alpha value is -2.09. The topological polar surface area (TPSA) is 72.4 Å². The molecule has 2 aliphatic rings. The molecule has 1 aromatic heterocycles. The highest BCUT2D eigenvalue weighted by Crippen LogP contribution is 2.35. The van der Waals surface area contributed by atoms with Crippen LogP contribution in [0.4, 0.5) is 0 Å². The molecule has 1 fully saturated rings. The molecule has 1 aromatic carbocycles. The first-order valence-electron chi connectivity index (χ1n) is 8.46. The molecule has 7 heteroatoms. The largest absolute Gasteiger partial charge is 0.486 e. The summed E-state index contributed by atoms with van der Waals surface area (Å²) in [5.74, 6) is 2.16. The van der Waals surface area contributed by atoms with Crippen molar-refractivity contribution in [3.8, 4) is 11.5 Å². The average molecular weight is 329 g/mol. The molecule has 0 radical (unpaired) electrons. The second-order valence-corrected chi connectivity index (χ2v) is 6.14. The highest BCUT2D eigenvalue weighted by Gasteiger charge is 2.28. The molecule has 2 unspecified atom stereocenters. The van der Waals surface area contributed by atoms with Crippen molar-refractivity contribution < 1.29 is 9.47 Å². The van der Waals surface area contributed by atoms with Gasteiger partial charge in [-0.15, -0.1) is 0 Å². The van der Waals surface area contributed by atoms with Crippen LogP contribution in [0.5, 0.6) is 11.5 Å². The fraction of sp³-hybridized carbons (Fsp3) is 0.471. The molecule has 0 spiro atoms. The third-order valence-electron chi connectivity index (χ3n) is 4.50. The molecule has 0 saturated carbocycles. The molecule has 2 aliphatic heterocycles. The molecule has 0 amide bonds. The monoisotopic (exact) mass is 329 g/mol. The molecule has 1 saturated heterocycles. The quantitative estimate of drug-likeness (QED) is 0.678. The second-order valence-electron chi connectivity index (χ2n) is 6.14. The Morgan fingerprint density at radius 3 is 3.04 bits per heavy atom. The van der Waals surface area contributed by atoms with Crippen LogP contribution in [0.15, 0.2) is 36.7 Å². The van der Waals surface area contributed by atoms with Gasteiger partial charge >= 0.3 is 0 Å². The molecule has 0 bridgehead atoms. The van der Waals surface area contributed by atoms with Crippen molar-refractivity contribution in [3.05, 3.63) is 42.2 Å². The number of hydrogen-bond donors (Lipinski definition) is 3. The summed E-state index contributed by atoms with van der Waals surface area (Å²) in [4.78, 5) is 0. The molecule has 0 aliphatic carbocycles. The van der Waals surface area contributed by atoms with E-state index in [2.05, 4.69) is 33.4 Å². The summed E-state index contributed by atoms with van der Waals surface area (Å²) in [6.07, 6.45) is 3.79. The van der Waals surface area contributed by atoms with Crippen molar-refractivity contribution >= 4 is 0 Å². The number of nitrogens with zero attached hydrogens (tertiary/aromatic N) is 2. The molecule has 2 aromatic rings. The summed E-state index contributed by atoms with van der Waals surface area (Å²) in [6, 6.07) is 8.43. The van der Waals surface area contributed by atoms with Crippen molar-refractivity contribution in [2.45, 2.75) is 12.6 Å². The lowest BCUT2D eigenvalue weighted by Crippen LogP contribution is -2.30. The molecule has 3 N–H and O–H groups in total. The van der Waals surface area contributed by atoms with Crippen molar-refractivity contribution in [3.63, 3.8) is 0 Å². The lowest BCUT2D eigenvalue weighted by atomic mass is 9.94. The smallest absolute Gasteiger partial charge is 0.161 e. The summed E-state index contributed by atoms with van der Waals surface area (Å²) in [7, 11) is 0. The van der Waals surface area contributed by atoms with Gasteiger partial charge < -0.3 is 14.8 Å². The third kappa shape index (κ3) is 3.38. The average Bonchev–Trinajstić information content (AvgIpc) is 3.30. The number of aromatic nitrogens is 2. The Morgan fingerprint density at radius 2 is 2.17 bits per heavy atom. The predicted molar refractivity (Wildman–Crippen MR) is 89.9 cm³/mol. The summed E-state index contributed by atoms with van der Waals surface area (Å²) in [5, 5.41) is 7.75. The van der Waals surface area contributed by atoms with Gasteiger partial charge in [-0.1, -0.05) is 6.07 Å². The van der Waals surface area contributed by atoms with Gasteiger partial charge in [-0.3, -0.25) is 10.1 Å². The van der Waals surface area contributed by atoms with Crippen LogP contribution >= 0.6 is 0 Å². The standard InChI is InChI=1S/C17H23N5O2/c1-4-20-22(6-1)7-5-18-11-14-12-19-21-17(14)13-2-3-15-16(10-13)24-9-8-23-15/h1-4,6,10,14,17-19,21H,5,7-9,11-12H2. The van der Waals surface area contributed by atoms with Crippen LogP contribution in [0.25, 0.3) is 0 Å². The maximum absolute atomic E-state index is 5.70. The van der Waals surface area contributed by atoms with Crippen LogP contribution in [0.3, 0.4) is 0 Å². The maximum atomic E-state index is 5.70. The van der Waals surface area contributed by atoms with Gasteiger partial charge in [0.05, 0.1) is 12.6 Å². The van der Waals surface area contributed by atoms with Crippen LogP contribution < -0.4 is 25.6 Å². The van der Waals surface area contributed by atoms with E-state index in [4.69, 9.17) is 9.47 Å². The minimum atomic E-state index is 0.262. The summed E-state index contributed by atoms with van der Waals surface area (Å²) in [5.41, 5.74) is 7.88. The maximum Gasteiger partial charge on any atom is 0.161 e. The van der Waals surface area contributed by atoms with Crippen LogP contribution in [0.1, 0.15) is 11.6 Å². The zero-order chi connectivity index (χ0) is 16.2. The van der Waals surface area contributed by atoms with E-state index in [0.717, 1.165) is 37.7 Å². The molecular weight excluding hydrogens is 306 g/mol. The number of ether oxygens (including phenoxy) is 2. The third-order valence-corrected chi connectivity index (χ3v) is 4.50. The highest BCUT2D eigenvalue weighted by atomic mass is 16.6. The molecule has 2 atom stereocenters. The van der Waals surface area contributed by atoms with Gasteiger partial charge in [-0.2, -0.15) is 5.10 Å². The minimum absolute atomic E-state index is 0.262. The summed E-state index contributed by atoms with van der Waals surface area (Å²) in [6.45, 7) is 4.92. The zero-order valence-corrected chi connectivity index (χ0v) is 13.6. The van der Waals surface area contributed by atoms with E-state index in [1.165, 1.54) is 5.56 Å². The van der Waals surface area contributed by atoms with E-state index in [1.54, 1.807) is 0 Å². The fourth-order valence-corrected chi connectivity index (χ4v) is 3.25. The van der Waals surface area contributed by atoms with Crippen molar-refractivity contribution in [2.75, 3.05) is 32.8 Å². The van der Waals surface area contributed by atoms with Crippen molar-refractivity contribution in [1.29, 1.82) is 0 Å². The van der Waals surface area contributed by atoms with Crippen LogP contribution in [-0.2, 0) is 6.54 Å². The molecule has 128 valence electrons. The molecule has 7 nitrogen and oxygen atoms in total. The number of nitrogens with one attached hydrogen (secondary N) is 3. The number of rotatable bonds is 6. The van der Waals surface area contributed by atoms with Gasteiger partial charge in [0.2, 0.25) is 0 Å². The van der Waals surface area contributed by atoms with Crippen LogP contribution in [0.2, 0.25) is 0 Å². The van der Waals surface area contributed by atoms with Gasteiger partial charge in [0.15, 0.2) is 11.5 Å². The SMILES string of the molecule is c1cnn(CCNCC2CNNC2c2ccc3c(c2)OCCO3)c1. The van der Waals surface area contributed by atoms with E-state index >= 15 is 0 Å². The first kappa shape index (κ1) is 15.4. The van der Waals surface area contributed by atoms with Crippen molar-refractivity contribution in [1.82, 2.24) is 25.9 Å². The van der Waals surface area contributed by atoms with Crippen molar-refractivity contribution in [2.24, 2.45) is 5.92 Å². The lowest BCUT2D eigenvalue weighted by molar-refractivity contribution is 0.171. The predicted octanol–water partition coefficient (Wildman–Crippen LogP) is 0.709. The lowest BCUT2D eigenvalue weighted by Gasteiger charge is -2.23. The fourth-order valence-electron chi connectivity index (χ4n) is 3.25. The van der Waals surface area contributed by atoms with Gasteiger partial charge in [0, 0.05) is 37.9 Å². The zero-order valence-electron chi connectivity index (χ0n) is 13.6. The van der Waals surface area contributed by atoms with Crippen LogP contribution in [-0.4, -0.2) is 42.6 Å². The number of hydrogen-bond acceptors (Lipinski definition) is 6. The molecule has 4 rings (SSSR count). The van der Waals surface area contributed by atoms with E-state index < -0.39 is 0 Å². The number of hydrazine groups is 1. The minimum Gasteiger partial charge on any atom is -0.486 e. The van der Waals surface area contributed by atoms with Crippen LogP contribution in [0, 0.1) is 5.92 Å². The van der Waals surface area contributed by atoms with E-state index in [-0.39, 0.29) is 6.04 Å². The van der Waals surface area contributed by atoms with Gasteiger partial charge in [-0.05, 0) is 23.8 Å². The van der Waals surface area contributed by atoms with E-state index in [1.807, 2.05) is 29.2 Å². The van der Waals surface area contributed by atoms with E-state index in [0.29, 0.717) is 19.1 Å². The Kier molecular flexibility index (Phi) is 4.64. The Bertz CT molecular complexity index is 661. The molecule has 24 heavy (non-hydrogen) atoms. The second kappa shape index (κ2) is 7.21. The Labute approximate surface area is 141 Å². The Morgan fingerprint density at radius 1 is 1.25 bits per heavy atom. The molecule has 3 heterocycles. The summed E-state index contributed by atoms with van der Waals surface area (Å²) < 4.78 is 13.2. The number of fused-ring (bicyclic) bond motifs is 1.